The summed E-state index contributed by atoms with van der Waals surface area (Å²) in [5.74, 6) is -0.142. The third-order valence-corrected chi connectivity index (χ3v) is 7.42. The predicted octanol–water partition coefficient (Wildman–Crippen LogP) is 3.75. The first-order valence-corrected chi connectivity index (χ1v) is 12.0. The largest absolute Gasteiger partial charge is 0.422 e. The number of rotatable bonds is 3. The molecular weight excluding hydrogens is 452 g/mol. The van der Waals surface area contributed by atoms with Gasteiger partial charge in [0, 0.05) is 62.0 Å². The molecule has 2 aromatic carbocycles. The Morgan fingerprint density at radius 3 is 2.53 bits per heavy atom. The fourth-order valence-corrected chi connectivity index (χ4v) is 5.32. The maximum absolute atomic E-state index is 13.1. The van der Waals surface area contributed by atoms with Crippen LogP contribution in [0.15, 0.2) is 39.5 Å². The van der Waals surface area contributed by atoms with Crippen molar-refractivity contribution in [2.24, 2.45) is 0 Å². The van der Waals surface area contributed by atoms with Crippen molar-refractivity contribution in [1.82, 2.24) is 9.80 Å². The molecule has 34 heavy (non-hydrogen) atoms. The first-order chi connectivity index (χ1) is 16.4. The van der Waals surface area contributed by atoms with Crippen LogP contribution < -0.4 is 15.8 Å². The van der Waals surface area contributed by atoms with Crippen LogP contribution in [0, 0.1) is 6.92 Å². The van der Waals surface area contributed by atoms with Crippen LogP contribution in [-0.4, -0.2) is 62.5 Å². The van der Waals surface area contributed by atoms with E-state index in [-0.39, 0.29) is 18.1 Å². The summed E-state index contributed by atoms with van der Waals surface area (Å²) in [6.45, 7) is 6.73. The molecule has 7 nitrogen and oxygen atoms in total. The molecule has 1 aromatic heterocycles. The van der Waals surface area contributed by atoms with Gasteiger partial charge in [-0.15, -0.1) is 0 Å². The lowest BCUT2D eigenvalue weighted by Crippen LogP contribution is -2.44. The maximum Gasteiger partial charge on any atom is 0.341 e. The number of carbonyl (C=O) groups excluding carboxylic acids is 1. The van der Waals surface area contributed by atoms with Crippen LogP contribution in [0.1, 0.15) is 27.0 Å². The molecule has 0 spiro atoms. The highest BCUT2D eigenvalue weighted by molar-refractivity contribution is 6.33. The zero-order valence-electron chi connectivity index (χ0n) is 19.8. The van der Waals surface area contributed by atoms with Crippen molar-refractivity contribution >= 4 is 39.9 Å². The molecule has 1 saturated heterocycles. The molecule has 8 heteroatoms. The lowest BCUT2D eigenvalue weighted by atomic mass is 9.95. The molecule has 1 N–H and O–H groups in total. The minimum absolute atomic E-state index is 0.142. The van der Waals surface area contributed by atoms with Crippen molar-refractivity contribution in [3.05, 3.63) is 68.0 Å². The Morgan fingerprint density at radius 1 is 1.06 bits per heavy atom. The van der Waals surface area contributed by atoms with E-state index in [0.29, 0.717) is 34.7 Å². The quantitative estimate of drug-likeness (QED) is 0.576. The molecule has 5 rings (SSSR count). The highest BCUT2D eigenvalue weighted by atomic mass is 35.5. The van der Waals surface area contributed by atoms with Crippen LogP contribution in [0.25, 0.3) is 11.0 Å². The van der Waals surface area contributed by atoms with Crippen molar-refractivity contribution in [1.29, 1.82) is 0 Å². The highest BCUT2D eigenvalue weighted by Gasteiger charge is 2.28. The molecule has 1 fully saturated rings. The van der Waals surface area contributed by atoms with Gasteiger partial charge in [0.2, 0.25) is 0 Å². The number of hydrogen-bond acceptors (Lipinski definition) is 6. The monoisotopic (exact) mass is 480 g/mol. The number of likely N-dealkylation sites (N-methyl/N-ethyl adjacent to an activating group) is 1. The molecule has 3 aromatic rings. The van der Waals surface area contributed by atoms with Gasteiger partial charge in [0.05, 0.1) is 22.8 Å². The lowest BCUT2D eigenvalue weighted by Gasteiger charge is -2.35. The first-order valence-electron chi connectivity index (χ1n) is 11.7. The maximum atomic E-state index is 13.1. The van der Waals surface area contributed by atoms with Gasteiger partial charge in [-0.05, 0) is 56.3 Å². The number of nitrogens with one attached hydrogen (secondary N) is 1. The van der Waals surface area contributed by atoms with Gasteiger partial charge in [-0.2, -0.15) is 0 Å². The Kier molecular flexibility index (Phi) is 6.00. The molecule has 0 atom stereocenters. The fourth-order valence-electron chi connectivity index (χ4n) is 5.05. The van der Waals surface area contributed by atoms with Crippen LogP contribution in [-0.2, 0) is 13.0 Å². The van der Waals surface area contributed by atoms with Gasteiger partial charge < -0.3 is 24.4 Å². The number of anilines is 2. The van der Waals surface area contributed by atoms with E-state index in [1.165, 1.54) is 0 Å². The van der Waals surface area contributed by atoms with E-state index in [4.69, 9.17) is 16.0 Å². The zero-order valence-corrected chi connectivity index (χ0v) is 20.5. The number of piperazine rings is 1. The van der Waals surface area contributed by atoms with E-state index in [1.807, 2.05) is 6.92 Å². The van der Waals surface area contributed by atoms with E-state index < -0.39 is 0 Å². The second-order valence-corrected chi connectivity index (χ2v) is 9.55. The van der Waals surface area contributed by atoms with Crippen molar-refractivity contribution in [3.8, 4) is 0 Å². The minimum atomic E-state index is -0.359. The summed E-state index contributed by atoms with van der Waals surface area (Å²) in [5, 5.41) is 4.45. The van der Waals surface area contributed by atoms with Crippen LogP contribution in [0.2, 0.25) is 5.02 Å². The summed E-state index contributed by atoms with van der Waals surface area (Å²) in [7, 11) is 3.92. The third kappa shape index (κ3) is 3.93. The van der Waals surface area contributed by atoms with Crippen LogP contribution in [0.4, 0.5) is 11.4 Å². The Morgan fingerprint density at radius 2 is 1.82 bits per heavy atom. The second-order valence-electron chi connectivity index (χ2n) is 9.14. The molecule has 1 amide bonds. The van der Waals surface area contributed by atoms with E-state index >= 15 is 0 Å². The molecule has 0 bridgehead atoms. The molecule has 2 aliphatic heterocycles. The lowest BCUT2D eigenvalue weighted by molar-refractivity contribution is 0.0733. The van der Waals surface area contributed by atoms with Crippen LogP contribution in [0.5, 0.6) is 0 Å². The molecule has 0 aliphatic carbocycles. The number of amides is 1. The average Bonchev–Trinajstić information content (AvgIpc) is 2.85. The number of carbonyl (C=O) groups is 1. The van der Waals surface area contributed by atoms with Gasteiger partial charge in [0.1, 0.15) is 5.58 Å². The predicted molar refractivity (Wildman–Crippen MR) is 136 cm³/mol. The molecule has 2 aliphatic rings. The smallest absolute Gasteiger partial charge is 0.341 e. The van der Waals surface area contributed by atoms with Gasteiger partial charge in [0.15, 0.2) is 0 Å². The van der Waals surface area contributed by atoms with Crippen molar-refractivity contribution in [3.63, 3.8) is 0 Å². The normalized spacial score (nSPS) is 16.6. The molecule has 0 unspecified atom stereocenters. The number of aryl methyl sites for hydroxylation is 1. The van der Waals surface area contributed by atoms with Gasteiger partial charge in [-0.1, -0.05) is 11.6 Å². The standard InChI is InChI=1S/C26H29ClN4O3/c1-16-23(30-12-10-29(3)11-13-30)7-5-19-18-8-9-31(15-20(18)26(33)34-24(16)19)25(32)17-4-6-22(28-2)21(27)14-17/h4-7,14,28H,8-13,15H2,1-3H3. The third-order valence-electron chi connectivity index (χ3n) is 7.11. The van der Waals surface area contributed by atoms with Crippen molar-refractivity contribution < 1.29 is 9.21 Å². The van der Waals surface area contributed by atoms with E-state index in [1.54, 1.807) is 30.1 Å². The highest BCUT2D eigenvalue weighted by Crippen LogP contribution is 2.33. The molecule has 3 heterocycles. The molecule has 0 radical (unpaired) electrons. The summed E-state index contributed by atoms with van der Waals surface area (Å²) in [6.07, 6.45) is 0.610. The summed E-state index contributed by atoms with van der Waals surface area (Å²) < 4.78 is 5.87. The number of hydrogen-bond donors (Lipinski definition) is 1. The number of benzene rings is 2. The first kappa shape index (κ1) is 22.7. The summed E-state index contributed by atoms with van der Waals surface area (Å²) in [6, 6.07) is 9.42. The number of fused-ring (bicyclic) bond motifs is 3. The van der Waals surface area contributed by atoms with Gasteiger partial charge in [0.25, 0.3) is 5.91 Å². The summed E-state index contributed by atoms with van der Waals surface area (Å²) in [5.41, 5.74) is 5.25. The van der Waals surface area contributed by atoms with Crippen LogP contribution >= 0.6 is 11.6 Å². The van der Waals surface area contributed by atoms with Gasteiger partial charge in [-0.25, -0.2) is 4.79 Å². The van der Waals surface area contributed by atoms with Gasteiger partial charge >= 0.3 is 5.63 Å². The SMILES string of the molecule is CNc1ccc(C(=O)N2CCc3c(c(=O)oc4c(C)c(N5CCN(C)CC5)ccc34)C2)cc1Cl. The molecular formula is C26H29ClN4O3. The van der Waals surface area contributed by atoms with Crippen molar-refractivity contribution in [2.75, 3.05) is 57.0 Å². The van der Waals surface area contributed by atoms with Crippen LogP contribution in [0.3, 0.4) is 0 Å². The minimum Gasteiger partial charge on any atom is -0.422 e. The Bertz CT molecular complexity index is 1330. The Hall–Kier alpha value is -3.03. The zero-order chi connectivity index (χ0) is 24.0. The summed E-state index contributed by atoms with van der Waals surface area (Å²) in [4.78, 5) is 32.6. The fraction of sp³-hybridized carbons (Fsp3) is 0.385. The summed E-state index contributed by atoms with van der Waals surface area (Å²) >= 11 is 6.27. The molecule has 0 saturated carbocycles. The topological polar surface area (TPSA) is 69.0 Å². The second kappa shape index (κ2) is 8.96. The number of halogens is 1. The number of nitrogens with zero attached hydrogens (tertiary/aromatic N) is 3. The van der Waals surface area contributed by atoms with Gasteiger partial charge in [-0.3, -0.25) is 4.79 Å². The average molecular weight is 481 g/mol. The Labute approximate surface area is 203 Å². The van der Waals surface area contributed by atoms with E-state index in [0.717, 1.165) is 54.1 Å². The Balaban J connectivity index is 1.46. The van der Waals surface area contributed by atoms with E-state index in [9.17, 15) is 9.59 Å². The van der Waals surface area contributed by atoms with E-state index in [2.05, 4.69) is 34.3 Å². The van der Waals surface area contributed by atoms with Crippen molar-refractivity contribution in [2.45, 2.75) is 19.9 Å². The molecule has 178 valence electrons.